The lowest BCUT2D eigenvalue weighted by Gasteiger charge is -2.26. The maximum absolute atomic E-state index is 12.5. The molecular weight excluding hydrogens is 278 g/mol. The Morgan fingerprint density at radius 2 is 1.82 bits per heavy atom. The fourth-order valence-corrected chi connectivity index (χ4v) is 2.94. The van der Waals surface area contributed by atoms with Gasteiger partial charge in [-0.1, -0.05) is 6.92 Å². The lowest BCUT2D eigenvalue weighted by atomic mass is 9.93. The van der Waals surface area contributed by atoms with Crippen LogP contribution in [-0.2, 0) is 9.59 Å². The molecule has 1 saturated carbocycles. The molecule has 0 bridgehead atoms. The topological polar surface area (TPSA) is 70.2 Å². The van der Waals surface area contributed by atoms with Gasteiger partial charge >= 0.3 is 0 Å². The lowest BCUT2D eigenvalue weighted by Crippen LogP contribution is -2.50. The summed E-state index contributed by atoms with van der Waals surface area (Å²) in [6, 6.07) is 7.32. The number of carbonyl (C=O) groups is 2. The molecule has 0 aromatic heterocycles. The van der Waals surface area contributed by atoms with Gasteiger partial charge in [0.05, 0.1) is 5.54 Å². The second kappa shape index (κ2) is 6.08. The van der Waals surface area contributed by atoms with E-state index in [1.54, 1.807) is 0 Å². The average Bonchev–Trinajstić information content (AvgIpc) is 3.27. The molecule has 2 amide bonds. The number of benzene rings is 1. The standard InChI is InChI=1S/C17H23N3O2/c1-2-17(10-3-11-18-17)16(22)20-14-8-6-13(7-9-14)19-15(21)12-4-5-12/h6-9,12,18H,2-5,10-11H2,1H3,(H,19,21)(H,20,22). The van der Waals surface area contributed by atoms with Crippen molar-refractivity contribution in [2.75, 3.05) is 17.2 Å². The van der Waals surface area contributed by atoms with Crippen molar-refractivity contribution < 1.29 is 9.59 Å². The van der Waals surface area contributed by atoms with E-state index < -0.39 is 5.54 Å². The van der Waals surface area contributed by atoms with Gasteiger partial charge in [0.15, 0.2) is 0 Å². The van der Waals surface area contributed by atoms with E-state index in [4.69, 9.17) is 0 Å². The highest BCUT2D eigenvalue weighted by atomic mass is 16.2. The Hall–Kier alpha value is -1.88. The van der Waals surface area contributed by atoms with Crippen molar-refractivity contribution in [3.8, 4) is 0 Å². The molecule has 1 aromatic carbocycles. The molecule has 1 saturated heterocycles. The van der Waals surface area contributed by atoms with Gasteiger partial charge < -0.3 is 16.0 Å². The average molecular weight is 301 g/mol. The van der Waals surface area contributed by atoms with Gasteiger partial charge in [0.2, 0.25) is 11.8 Å². The Bertz CT molecular complexity index is 558. The first kappa shape index (κ1) is 15.0. The Morgan fingerprint density at radius 1 is 1.18 bits per heavy atom. The maximum atomic E-state index is 12.5. The highest BCUT2D eigenvalue weighted by Crippen LogP contribution is 2.30. The van der Waals surface area contributed by atoms with Crippen LogP contribution in [0, 0.1) is 5.92 Å². The predicted octanol–water partition coefficient (Wildman–Crippen LogP) is 2.51. The minimum absolute atomic E-state index is 0.0299. The quantitative estimate of drug-likeness (QED) is 0.782. The van der Waals surface area contributed by atoms with Gasteiger partial charge in [0, 0.05) is 17.3 Å². The van der Waals surface area contributed by atoms with Crippen LogP contribution in [0.2, 0.25) is 0 Å². The summed E-state index contributed by atoms with van der Waals surface area (Å²) in [5, 5.41) is 9.20. The monoisotopic (exact) mass is 301 g/mol. The van der Waals surface area contributed by atoms with Crippen molar-refractivity contribution in [2.45, 2.75) is 44.6 Å². The van der Waals surface area contributed by atoms with E-state index in [1.807, 2.05) is 31.2 Å². The summed E-state index contributed by atoms with van der Waals surface area (Å²) in [5.74, 6) is 0.316. The van der Waals surface area contributed by atoms with Gasteiger partial charge in [-0.05, 0) is 62.9 Å². The van der Waals surface area contributed by atoms with Crippen molar-refractivity contribution in [3.63, 3.8) is 0 Å². The van der Waals surface area contributed by atoms with Crippen LogP contribution >= 0.6 is 0 Å². The van der Waals surface area contributed by atoms with Crippen molar-refractivity contribution in [3.05, 3.63) is 24.3 Å². The highest BCUT2D eigenvalue weighted by molar-refractivity contribution is 5.99. The van der Waals surface area contributed by atoms with Crippen molar-refractivity contribution in [2.24, 2.45) is 5.92 Å². The molecule has 3 rings (SSSR count). The summed E-state index contributed by atoms with van der Waals surface area (Å²) in [7, 11) is 0. The number of anilines is 2. The van der Waals surface area contributed by atoms with E-state index in [0.717, 1.165) is 50.0 Å². The summed E-state index contributed by atoms with van der Waals surface area (Å²) in [6.45, 7) is 2.93. The Kier molecular flexibility index (Phi) is 4.16. The van der Waals surface area contributed by atoms with Crippen molar-refractivity contribution in [1.82, 2.24) is 5.32 Å². The van der Waals surface area contributed by atoms with E-state index in [9.17, 15) is 9.59 Å². The number of rotatable bonds is 5. The second-order valence-electron chi connectivity index (χ2n) is 6.26. The third-order valence-corrected chi connectivity index (χ3v) is 4.64. The van der Waals surface area contributed by atoms with E-state index in [2.05, 4.69) is 16.0 Å². The molecule has 1 aliphatic carbocycles. The first-order valence-corrected chi connectivity index (χ1v) is 8.10. The summed E-state index contributed by atoms with van der Waals surface area (Å²) in [5.41, 5.74) is 1.11. The molecule has 5 heteroatoms. The van der Waals surface area contributed by atoms with Crippen LogP contribution in [-0.4, -0.2) is 23.9 Å². The summed E-state index contributed by atoms with van der Waals surface area (Å²) >= 11 is 0. The third-order valence-electron chi connectivity index (χ3n) is 4.64. The number of hydrogen-bond donors (Lipinski definition) is 3. The van der Waals surface area contributed by atoms with Crippen LogP contribution in [0.5, 0.6) is 0 Å². The van der Waals surface area contributed by atoms with Gasteiger partial charge in [-0.15, -0.1) is 0 Å². The van der Waals surface area contributed by atoms with Crippen LogP contribution in [0.4, 0.5) is 11.4 Å². The predicted molar refractivity (Wildman–Crippen MR) is 86.7 cm³/mol. The molecule has 1 aromatic rings. The van der Waals surface area contributed by atoms with Gasteiger partial charge in [-0.2, -0.15) is 0 Å². The third kappa shape index (κ3) is 3.14. The van der Waals surface area contributed by atoms with Crippen LogP contribution in [0.15, 0.2) is 24.3 Å². The molecule has 2 aliphatic rings. The molecule has 22 heavy (non-hydrogen) atoms. The molecule has 5 nitrogen and oxygen atoms in total. The fraction of sp³-hybridized carbons (Fsp3) is 0.529. The van der Waals surface area contributed by atoms with Gasteiger partial charge in [0.25, 0.3) is 0 Å². The Morgan fingerprint density at radius 3 is 2.32 bits per heavy atom. The molecule has 1 unspecified atom stereocenters. The molecule has 0 radical (unpaired) electrons. The zero-order valence-electron chi connectivity index (χ0n) is 12.9. The summed E-state index contributed by atoms with van der Waals surface area (Å²) < 4.78 is 0. The number of nitrogens with one attached hydrogen (secondary N) is 3. The molecular formula is C17H23N3O2. The summed E-state index contributed by atoms with van der Waals surface area (Å²) in [6.07, 6.45) is 4.69. The lowest BCUT2D eigenvalue weighted by molar-refractivity contribution is -0.122. The largest absolute Gasteiger partial charge is 0.326 e. The fourth-order valence-electron chi connectivity index (χ4n) is 2.94. The van der Waals surface area contributed by atoms with E-state index >= 15 is 0 Å². The Labute approximate surface area is 130 Å². The first-order valence-electron chi connectivity index (χ1n) is 8.10. The molecule has 1 aliphatic heterocycles. The number of carbonyl (C=O) groups excluding carboxylic acids is 2. The molecule has 0 spiro atoms. The van der Waals surface area contributed by atoms with Crippen LogP contribution in [0.25, 0.3) is 0 Å². The summed E-state index contributed by atoms with van der Waals surface area (Å²) in [4.78, 5) is 24.2. The van der Waals surface area contributed by atoms with E-state index in [0.29, 0.717) is 0 Å². The van der Waals surface area contributed by atoms with Gasteiger partial charge in [-0.25, -0.2) is 0 Å². The van der Waals surface area contributed by atoms with E-state index in [-0.39, 0.29) is 17.7 Å². The minimum Gasteiger partial charge on any atom is -0.326 e. The number of hydrogen-bond acceptors (Lipinski definition) is 3. The SMILES string of the molecule is CCC1(C(=O)Nc2ccc(NC(=O)C3CC3)cc2)CCCN1. The maximum Gasteiger partial charge on any atom is 0.244 e. The van der Waals surface area contributed by atoms with Crippen LogP contribution < -0.4 is 16.0 Å². The molecule has 118 valence electrons. The van der Waals surface area contributed by atoms with Crippen molar-refractivity contribution in [1.29, 1.82) is 0 Å². The van der Waals surface area contributed by atoms with Crippen LogP contribution in [0.1, 0.15) is 39.0 Å². The molecule has 2 fully saturated rings. The van der Waals surface area contributed by atoms with Gasteiger partial charge in [0.1, 0.15) is 0 Å². The minimum atomic E-state index is -0.432. The number of amides is 2. The van der Waals surface area contributed by atoms with Crippen molar-refractivity contribution >= 4 is 23.2 Å². The molecule has 1 atom stereocenters. The zero-order chi connectivity index (χ0) is 15.6. The highest BCUT2D eigenvalue weighted by Gasteiger charge is 2.39. The van der Waals surface area contributed by atoms with E-state index in [1.165, 1.54) is 0 Å². The normalized spacial score (nSPS) is 24.0. The molecule has 1 heterocycles. The zero-order valence-corrected chi connectivity index (χ0v) is 12.9. The van der Waals surface area contributed by atoms with Gasteiger partial charge in [-0.3, -0.25) is 9.59 Å². The smallest absolute Gasteiger partial charge is 0.244 e. The molecule has 3 N–H and O–H groups in total. The first-order chi connectivity index (χ1) is 10.6. The second-order valence-corrected chi connectivity index (χ2v) is 6.26. The van der Waals surface area contributed by atoms with Crippen LogP contribution in [0.3, 0.4) is 0 Å². The Balaban J connectivity index is 1.60.